The van der Waals surface area contributed by atoms with Crippen molar-refractivity contribution in [2.24, 2.45) is 34.5 Å². The summed E-state index contributed by atoms with van der Waals surface area (Å²) in [6.45, 7) is 15.4. The first-order chi connectivity index (χ1) is 35.8. The Morgan fingerprint density at radius 3 is 1.95 bits per heavy atom. The molecule has 4 heterocycles. The first kappa shape index (κ1) is 60.3. The molecular weight excluding hydrogens is 1000 g/mol. The summed E-state index contributed by atoms with van der Waals surface area (Å²) < 4.78 is 73.3. The fraction of sp³-hybridized carbons (Fsp3) is 0.963. The molecule has 0 aromatic heterocycles. The lowest BCUT2D eigenvalue weighted by Crippen LogP contribution is -2.72. The molecule has 4 aliphatic carbocycles. The maximum absolute atomic E-state index is 13.1. The Kier molecular flexibility index (Phi) is 18.7. The summed E-state index contributed by atoms with van der Waals surface area (Å²) in [6, 6.07) is 0. The minimum absolute atomic E-state index is 0.0208. The first-order valence-corrected chi connectivity index (χ1v) is 27.9. The Morgan fingerprint density at radius 1 is 0.671 bits per heavy atom. The van der Waals surface area contributed by atoms with Gasteiger partial charge in [-0.1, -0.05) is 27.7 Å². The summed E-state index contributed by atoms with van der Waals surface area (Å²) in [7, 11) is 2.87. The van der Waals surface area contributed by atoms with E-state index < -0.39 is 158 Å². The number of aliphatic hydroxyl groups excluding tert-OH is 6. The molecule has 0 bridgehead atoms. The van der Waals surface area contributed by atoms with Crippen LogP contribution in [0.5, 0.6) is 0 Å². The van der Waals surface area contributed by atoms with Crippen LogP contribution in [0.25, 0.3) is 0 Å². The van der Waals surface area contributed by atoms with Crippen LogP contribution in [0.3, 0.4) is 0 Å². The minimum atomic E-state index is -1.68. The van der Waals surface area contributed by atoms with Crippen LogP contribution in [0.4, 0.5) is 0 Å². The molecule has 0 amide bonds. The van der Waals surface area contributed by atoms with Gasteiger partial charge in [0.05, 0.1) is 60.2 Å². The number of hydrogen-bond acceptors (Lipinski definition) is 22. The van der Waals surface area contributed by atoms with Crippen LogP contribution in [0, 0.1) is 34.5 Å². The van der Waals surface area contributed by atoms with Gasteiger partial charge in [0.2, 0.25) is 0 Å². The van der Waals surface area contributed by atoms with E-state index in [1.54, 1.807) is 27.7 Å². The summed E-state index contributed by atoms with van der Waals surface area (Å²) in [5.74, 6) is -1.25. The van der Waals surface area contributed by atoms with Gasteiger partial charge >= 0.3 is 11.9 Å². The second kappa shape index (κ2) is 23.6. The SMILES string of the molecule is CCC(C)C(=O)O[C@@H](C)[C@]1(O)CC[C@]2(O)[C@@H]3CC[C@H]4C[C@@H](O[C@H]5C[C@H](O)[C@H](O[C@H]6C[C@@H](OC)[C@H](O[C@@H]7O[C@H](C)[C@@H](O[C@@H]8O[C@H](CO)[C@@H](O)[C@H](O)[C@H]8O)[C@H](OC)[C@H]7O)[C@@H](C)O6)[C@@H](C)O5)CC[C@]4(C)[C@H]3C[C@@H](OC(C)=O)[C@]12C. The number of fused-ring (bicyclic) bond motifs is 5. The van der Waals surface area contributed by atoms with Crippen molar-refractivity contribution >= 4 is 11.9 Å². The van der Waals surface area contributed by atoms with E-state index >= 15 is 0 Å². The van der Waals surface area contributed by atoms with Crippen LogP contribution in [0.1, 0.15) is 133 Å². The lowest BCUT2D eigenvalue weighted by atomic mass is 9.42. The second-order valence-corrected chi connectivity index (χ2v) is 24.1. The van der Waals surface area contributed by atoms with Gasteiger partial charge in [0.15, 0.2) is 25.2 Å². The molecule has 8 N–H and O–H groups in total. The van der Waals surface area contributed by atoms with Crippen molar-refractivity contribution < 1.29 is 107 Å². The molecule has 0 aromatic carbocycles. The molecule has 8 aliphatic rings. The molecule has 29 atom stereocenters. The fourth-order valence-electron chi connectivity index (χ4n) is 15.2. The van der Waals surface area contributed by atoms with Gasteiger partial charge in [-0.3, -0.25) is 9.59 Å². The highest BCUT2D eigenvalue weighted by atomic mass is 16.8. The molecule has 22 heteroatoms. The third-order valence-corrected chi connectivity index (χ3v) is 20.0. The van der Waals surface area contributed by atoms with Gasteiger partial charge in [-0.15, -0.1) is 0 Å². The van der Waals surface area contributed by atoms with Crippen molar-refractivity contribution in [3.05, 3.63) is 0 Å². The zero-order chi connectivity index (χ0) is 55.6. The minimum Gasteiger partial charge on any atom is -0.462 e. The fourth-order valence-corrected chi connectivity index (χ4v) is 15.2. The van der Waals surface area contributed by atoms with Gasteiger partial charge in [0, 0.05) is 34.0 Å². The Hall–Kier alpha value is -1.78. The van der Waals surface area contributed by atoms with Crippen molar-refractivity contribution in [3.8, 4) is 0 Å². The molecule has 438 valence electrons. The zero-order valence-electron chi connectivity index (χ0n) is 46.2. The molecule has 0 radical (unpaired) electrons. The number of methoxy groups -OCH3 is 2. The van der Waals surface area contributed by atoms with E-state index in [-0.39, 0.29) is 60.9 Å². The molecule has 1 unspecified atom stereocenters. The molecule has 4 saturated carbocycles. The van der Waals surface area contributed by atoms with Crippen LogP contribution in [0.2, 0.25) is 0 Å². The number of aliphatic hydroxyl groups is 8. The number of carbonyl (C=O) groups is 2. The van der Waals surface area contributed by atoms with Crippen molar-refractivity contribution in [2.75, 3.05) is 20.8 Å². The summed E-state index contributed by atoms with van der Waals surface area (Å²) in [5, 5.41) is 89.6. The monoisotopic (exact) mass is 1090 g/mol. The highest BCUT2D eigenvalue weighted by Crippen LogP contribution is 2.71. The maximum atomic E-state index is 13.1. The van der Waals surface area contributed by atoms with Crippen LogP contribution < -0.4 is 0 Å². The Morgan fingerprint density at radius 2 is 1.32 bits per heavy atom. The van der Waals surface area contributed by atoms with Gasteiger partial charge in [-0.2, -0.15) is 0 Å². The van der Waals surface area contributed by atoms with Crippen LogP contribution in [-0.4, -0.2) is 214 Å². The van der Waals surface area contributed by atoms with E-state index in [0.29, 0.717) is 25.7 Å². The van der Waals surface area contributed by atoms with Crippen LogP contribution >= 0.6 is 0 Å². The molecule has 0 spiro atoms. The van der Waals surface area contributed by atoms with Crippen molar-refractivity contribution in [2.45, 2.75) is 273 Å². The average molecular weight is 1090 g/mol. The van der Waals surface area contributed by atoms with Crippen LogP contribution in [-0.2, 0) is 66.4 Å². The summed E-state index contributed by atoms with van der Waals surface area (Å²) in [4.78, 5) is 25.8. The smallest absolute Gasteiger partial charge is 0.309 e. The highest BCUT2D eigenvalue weighted by Gasteiger charge is 2.77. The van der Waals surface area contributed by atoms with E-state index in [1.807, 2.05) is 20.8 Å². The average Bonchev–Trinajstić information content (AvgIpc) is 3.87. The summed E-state index contributed by atoms with van der Waals surface area (Å²) in [5.41, 5.74) is -4.57. The lowest BCUT2D eigenvalue weighted by Gasteiger charge is -2.66. The lowest BCUT2D eigenvalue weighted by molar-refractivity contribution is -0.373. The Balaban J connectivity index is 0.847. The van der Waals surface area contributed by atoms with Crippen molar-refractivity contribution in [1.29, 1.82) is 0 Å². The predicted octanol–water partition coefficient (Wildman–Crippen LogP) is 1.50. The van der Waals surface area contributed by atoms with Crippen LogP contribution in [0.15, 0.2) is 0 Å². The molecular formula is C54H90O22. The molecule has 76 heavy (non-hydrogen) atoms. The van der Waals surface area contributed by atoms with Gasteiger partial charge in [0.1, 0.15) is 72.7 Å². The first-order valence-electron chi connectivity index (χ1n) is 27.9. The van der Waals surface area contributed by atoms with Gasteiger partial charge in [-0.25, -0.2) is 0 Å². The maximum Gasteiger partial charge on any atom is 0.309 e. The van der Waals surface area contributed by atoms with Gasteiger partial charge in [0.25, 0.3) is 0 Å². The van der Waals surface area contributed by atoms with E-state index in [4.69, 9.17) is 56.8 Å². The number of ether oxygens (including phenoxy) is 12. The van der Waals surface area contributed by atoms with Gasteiger partial charge < -0.3 is 97.7 Å². The highest BCUT2D eigenvalue weighted by molar-refractivity contribution is 5.72. The summed E-state index contributed by atoms with van der Waals surface area (Å²) in [6.07, 6.45) is -15.5. The van der Waals surface area contributed by atoms with E-state index in [1.165, 1.54) is 21.1 Å². The largest absolute Gasteiger partial charge is 0.462 e. The molecule has 22 nitrogen and oxygen atoms in total. The zero-order valence-corrected chi connectivity index (χ0v) is 46.2. The van der Waals surface area contributed by atoms with E-state index in [9.17, 15) is 50.4 Å². The molecule has 0 aromatic rings. The molecule has 8 fully saturated rings. The van der Waals surface area contributed by atoms with E-state index in [0.717, 1.165) is 19.3 Å². The third-order valence-electron chi connectivity index (χ3n) is 20.0. The summed E-state index contributed by atoms with van der Waals surface area (Å²) >= 11 is 0. The number of esters is 2. The number of rotatable bonds is 16. The quantitative estimate of drug-likeness (QED) is 0.0802. The van der Waals surface area contributed by atoms with Gasteiger partial charge in [-0.05, 0) is 109 Å². The predicted molar refractivity (Wildman–Crippen MR) is 263 cm³/mol. The normalized spacial score (nSPS) is 51.4. The molecule has 4 aliphatic heterocycles. The Labute approximate surface area is 446 Å². The Bertz CT molecular complexity index is 1950. The van der Waals surface area contributed by atoms with E-state index in [2.05, 4.69) is 6.92 Å². The van der Waals surface area contributed by atoms with Crippen molar-refractivity contribution in [1.82, 2.24) is 0 Å². The molecule has 4 saturated heterocycles. The molecule has 8 rings (SSSR count). The topological polar surface area (TPSA) is 307 Å². The van der Waals surface area contributed by atoms with Crippen molar-refractivity contribution in [3.63, 3.8) is 0 Å². The number of hydrogen-bond donors (Lipinski definition) is 8. The standard InChI is InChI=1S/C54H90O22/c1-12-24(2)48(62)70-28(6)53(63)17-18-54(64)32-14-13-30-19-31(15-16-51(30,8)33(32)20-37(52(53,54)9)71-29(7)56)72-38-21-34(57)44(25(3)67-38)74-39-22-35(65-10)45(26(4)68-39)75-50-43(61)47(66-11)46(27(5)69-50)76-49-42(60)41(59)40(58)36(23-55)73-49/h24-28,30-47,49-50,55,57-61,63-64H,12-23H2,1-11H3/t24?,25-,26-,27-,28+,30+,31+,32-,33+,34+,35-,36-,37-,38+,39+,40-,41+,42-,43-,44-,45-,46-,47-,49+,50+,51+,52-,53-,54+/m1/s1. The third kappa shape index (κ3) is 10.8. The number of carbonyl (C=O) groups excluding carboxylic acids is 2. The second-order valence-electron chi connectivity index (χ2n) is 24.1.